The van der Waals surface area contributed by atoms with Gasteiger partial charge in [-0.25, -0.2) is 18.2 Å². The number of carbonyl (C=O) groups excluding carboxylic acids is 1. The number of aromatic nitrogens is 1. The van der Waals surface area contributed by atoms with Gasteiger partial charge in [0.05, 0.1) is 29.9 Å². The third kappa shape index (κ3) is 4.10. The van der Waals surface area contributed by atoms with Crippen molar-refractivity contribution in [2.45, 2.75) is 11.5 Å². The van der Waals surface area contributed by atoms with Gasteiger partial charge in [0.2, 0.25) is 5.88 Å². The van der Waals surface area contributed by atoms with Crippen LogP contribution in [0.25, 0.3) is 10.4 Å². The molecule has 0 fully saturated rings. The lowest BCUT2D eigenvalue weighted by atomic mass is 10.1. The fourth-order valence-electron chi connectivity index (χ4n) is 3.00. The standard InChI is InChI=1S/C19H14BrClN2O6S2/c1-27-16-5-11-10(7-22-16)8-29-19(24)9-3-12(20)17(28-2)15(4-9)31(25,26)23-13-6-14(11)30-18(13)21/h3-7,23H,8H2,1-2H3. The number of hydrogen-bond donors (Lipinski definition) is 1. The van der Waals surface area contributed by atoms with Crippen LogP contribution < -0.4 is 14.2 Å². The number of esters is 1. The predicted octanol–water partition coefficient (Wildman–Crippen LogP) is 4.71. The molecule has 1 N–H and O–H groups in total. The van der Waals surface area contributed by atoms with Gasteiger partial charge >= 0.3 is 5.97 Å². The van der Waals surface area contributed by atoms with E-state index < -0.39 is 16.0 Å². The number of anilines is 1. The summed E-state index contributed by atoms with van der Waals surface area (Å²) in [6.07, 6.45) is 1.54. The van der Waals surface area contributed by atoms with Crippen LogP contribution in [-0.4, -0.2) is 33.6 Å². The van der Waals surface area contributed by atoms with Crippen LogP contribution in [0.2, 0.25) is 4.34 Å². The summed E-state index contributed by atoms with van der Waals surface area (Å²) in [4.78, 5) is 17.3. The van der Waals surface area contributed by atoms with Gasteiger partial charge in [-0.1, -0.05) is 11.6 Å². The number of carbonyl (C=O) groups is 1. The summed E-state index contributed by atoms with van der Waals surface area (Å²) in [6.45, 7) is -0.0881. The zero-order valence-electron chi connectivity index (χ0n) is 16.1. The van der Waals surface area contributed by atoms with Gasteiger partial charge < -0.3 is 14.2 Å². The third-order valence-electron chi connectivity index (χ3n) is 4.46. The Kier molecular flexibility index (Phi) is 5.86. The number of ether oxygens (including phenoxy) is 3. The maximum absolute atomic E-state index is 13.2. The van der Waals surface area contributed by atoms with Crippen molar-refractivity contribution in [1.29, 1.82) is 0 Å². The number of pyridine rings is 1. The minimum atomic E-state index is -4.16. The Balaban J connectivity index is 1.96. The summed E-state index contributed by atoms with van der Waals surface area (Å²) >= 11 is 10.8. The molecule has 1 aromatic carbocycles. The van der Waals surface area contributed by atoms with Crippen LogP contribution in [-0.2, 0) is 21.4 Å². The number of nitrogens with zero attached hydrogens (tertiary/aromatic N) is 1. The number of nitrogens with one attached hydrogen (secondary N) is 1. The van der Waals surface area contributed by atoms with Crippen LogP contribution in [0.15, 0.2) is 39.8 Å². The number of thiophene rings is 1. The van der Waals surface area contributed by atoms with E-state index in [0.717, 1.165) is 0 Å². The van der Waals surface area contributed by atoms with Gasteiger partial charge in [0.1, 0.15) is 15.8 Å². The number of hydrogen-bond acceptors (Lipinski definition) is 8. The Morgan fingerprint density at radius 2 is 2.00 bits per heavy atom. The molecule has 2 aromatic heterocycles. The van der Waals surface area contributed by atoms with Crippen LogP contribution >= 0.6 is 38.9 Å². The molecule has 3 aromatic rings. The average Bonchev–Trinajstić information content (AvgIpc) is 3.10. The normalized spacial score (nSPS) is 14.8. The van der Waals surface area contributed by atoms with Crippen molar-refractivity contribution in [3.63, 3.8) is 0 Å². The van der Waals surface area contributed by atoms with Crippen LogP contribution in [0.3, 0.4) is 0 Å². The van der Waals surface area contributed by atoms with Crippen molar-refractivity contribution in [3.8, 4) is 22.1 Å². The Morgan fingerprint density at radius 1 is 1.23 bits per heavy atom. The molecule has 0 aliphatic carbocycles. The summed E-state index contributed by atoms with van der Waals surface area (Å²) in [7, 11) is -1.35. The van der Waals surface area contributed by atoms with E-state index in [1.807, 2.05) is 0 Å². The number of benzene rings is 1. The summed E-state index contributed by atoms with van der Waals surface area (Å²) in [5.74, 6) is -0.311. The molecule has 0 spiro atoms. The fourth-order valence-corrected chi connectivity index (χ4v) is 6.40. The van der Waals surface area contributed by atoms with E-state index in [0.29, 0.717) is 21.9 Å². The van der Waals surface area contributed by atoms with Crippen LogP contribution in [0.5, 0.6) is 11.6 Å². The van der Waals surface area contributed by atoms with E-state index in [4.69, 9.17) is 25.8 Å². The predicted molar refractivity (Wildman–Crippen MR) is 120 cm³/mol. The Labute approximate surface area is 195 Å². The van der Waals surface area contributed by atoms with Crippen molar-refractivity contribution in [2.24, 2.45) is 0 Å². The molecule has 1 aliphatic rings. The number of sulfonamides is 1. The highest BCUT2D eigenvalue weighted by Gasteiger charge is 2.27. The number of halogens is 2. The van der Waals surface area contributed by atoms with E-state index in [1.165, 1.54) is 43.9 Å². The second-order valence-corrected chi connectivity index (χ2v) is 10.5. The first kappa shape index (κ1) is 21.9. The molecule has 0 atom stereocenters. The highest BCUT2D eigenvalue weighted by Crippen LogP contribution is 2.42. The van der Waals surface area contributed by atoms with Gasteiger partial charge in [0.25, 0.3) is 10.0 Å². The zero-order valence-corrected chi connectivity index (χ0v) is 20.0. The third-order valence-corrected chi connectivity index (χ3v) is 7.82. The summed E-state index contributed by atoms with van der Waals surface area (Å²) in [6, 6.07) is 5.90. The van der Waals surface area contributed by atoms with Gasteiger partial charge in [0, 0.05) is 28.3 Å². The quantitative estimate of drug-likeness (QED) is 0.465. The molecule has 31 heavy (non-hydrogen) atoms. The molecular formula is C19H14BrClN2O6S2. The molecule has 0 unspecified atom stereocenters. The van der Waals surface area contributed by atoms with E-state index in [2.05, 4.69) is 25.6 Å². The molecule has 1 aliphatic heterocycles. The first-order chi connectivity index (χ1) is 14.7. The van der Waals surface area contributed by atoms with Crippen molar-refractivity contribution in [3.05, 3.63) is 50.4 Å². The van der Waals surface area contributed by atoms with Gasteiger partial charge in [-0.3, -0.25) is 4.72 Å². The van der Waals surface area contributed by atoms with E-state index >= 15 is 0 Å². The molecule has 0 saturated carbocycles. The molecular weight excluding hydrogens is 532 g/mol. The van der Waals surface area contributed by atoms with Gasteiger partial charge in [0.15, 0.2) is 5.75 Å². The monoisotopic (exact) mass is 544 g/mol. The first-order valence-electron chi connectivity index (χ1n) is 8.63. The lowest BCUT2D eigenvalue weighted by Gasteiger charge is -2.14. The van der Waals surface area contributed by atoms with Gasteiger partial charge in [-0.2, -0.15) is 0 Å². The molecule has 0 saturated heterocycles. The van der Waals surface area contributed by atoms with E-state index in [9.17, 15) is 13.2 Å². The maximum atomic E-state index is 13.2. The molecule has 4 bridgehead atoms. The topological polar surface area (TPSA) is 104 Å². The van der Waals surface area contributed by atoms with Gasteiger partial charge in [-0.05, 0) is 34.1 Å². The molecule has 0 radical (unpaired) electrons. The Bertz CT molecular complexity index is 1310. The van der Waals surface area contributed by atoms with Crippen LogP contribution in [0.4, 0.5) is 5.69 Å². The summed E-state index contributed by atoms with van der Waals surface area (Å²) < 4.78 is 45.2. The minimum absolute atomic E-state index is 0.0339. The minimum Gasteiger partial charge on any atom is -0.494 e. The van der Waals surface area contributed by atoms with Crippen molar-refractivity contribution in [1.82, 2.24) is 4.98 Å². The molecule has 4 rings (SSSR count). The zero-order chi connectivity index (χ0) is 22.3. The second-order valence-electron chi connectivity index (χ2n) is 6.35. The van der Waals surface area contributed by atoms with Crippen molar-refractivity contribution >= 4 is 60.5 Å². The first-order valence-corrected chi connectivity index (χ1v) is 12.1. The number of rotatable bonds is 2. The summed E-state index contributed by atoms with van der Waals surface area (Å²) in [5.41, 5.74) is 1.49. The molecule has 8 nitrogen and oxygen atoms in total. The molecule has 162 valence electrons. The van der Waals surface area contributed by atoms with E-state index in [1.54, 1.807) is 12.1 Å². The molecule has 12 heteroatoms. The van der Waals surface area contributed by atoms with Crippen molar-refractivity contribution < 1.29 is 27.4 Å². The Hall–Kier alpha value is -2.34. The lowest BCUT2D eigenvalue weighted by molar-refractivity contribution is 0.0472. The number of methoxy groups -OCH3 is 2. The summed E-state index contributed by atoms with van der Waals surface area (Å²) in [5, 5.41) is 0. The second kappa shape index (κ2) is 8.30. The number of fused-ring (bicyclic) bond motifs is 6. The van der Waals surface area contributed by atoms with Crippen LogP contribution in [0.1, 0.15) is 15.9 Å². The highest BCUT2D eigenvalue weighted by atomic mass is 79.9. The van der Waals surface area contributed by atoms with Gasteiger partial charge in [-0.15, -0.1) is 11.3 Å². The smallest absolute Gasteiger partial charge is 0.338 e. The van der Waals surface area contributed by atoms with Crippen LogP contribution in [0, 0.1) is 0 Å². The van der Waals surface area contributed by atoms with E-state index in [-0.39, 0.29) is 37.3 Å². The Morgan fingerprint density at radius 3 is 2.71 bits per heavy atom. The highest BCUT2D eigenvalue weighted by molar-refractivity contribution is 9.10. The molecule has 3 heterocycles. The number of cyclic esters (lactones) is 1. The lowest BCUT2D eigenvalue weighted by Crippen LogP contribution is -2.15. The van der Waals surface area contributed by atoms with Crippen molar-refractivity contribution in [2.75, 3.05) is 18.9 Å². The molecule has 0 amide bonds. The maximum Gasteiger partial charge on any atom is 0.338 e. The largest absolute Gasteiger partial charge is 0.494 e. The fraction of sp³-hybridized carbons (Fsp3) is 0.158. The SMILES string of the molecule is COc1cc2c(cn1)COC(=O)c1cc(Br)c(OC)c(c1)S(=O)(=O)Nc1cc-2sc1Cl. The average molecular weight is 546 g/mol.